The van der Waals surface area contributed by atoms with Crippen molar-refractivity contribution in [3.8, 4) is 0 Å². The summed E-state index contributed by atoms with van der Waals surface area (Å²) in [5.74, 6) is -0.979. The van der Waals surface area contributed by atoms with Gasteiger partial charge in [-0.3, -0.25) is 19.7 Å². The van der Waals surface area contributed by atoms with Gasteiger partial charge < -0.3 is 10.2 Å². The average Bonchev–Trinajstić information content (AvgIpc) is 2.98. The Morgan fingerprint density at radius 2 is 2.00 bits per heavy atom. The highest BCUT2D eigenvalue weighted by Crippen LogP contribution is 2.31. The zero-order chi connectivity index (χ0) is 19.7. The van der Waals surface area contributed by atoms with Crippen LogP contribution >= 0.6 is 11.6 Å². The minimum absolute atomic E-state index is 0.0770. The number of nitro benzene ring substituents is 1. The van der Waals surface area contributed by atoms with Gasteiger partial charge in [-0.2, -0.15) is 0 Å². The molecule has 1 heterocycles. The molecule has 0 bridgehead atoms. The summed E-state index contributed by atoms with van der Waals surface area (Å²) in [6.45, 7) is 4.19. The third kappa shape index (κ3) is 3.93. The molecule has 1 unspecified atom stereocenters. The fourth-order valence-electron chi connectivity index (χ4n) is 3.18. The Balaban J connectivity index is 1.73. The van der Waals surface area contributed by atoms with Crippen LogP contribution in [0.4, 0.5) is 17.1 Å². The highest BCUT2D eigenvalue weighted by atomic mass is 35.5. The smallest absolute Gasteiger partial charge is 0.271 e. The van der Waals surface area contributed by atoms with Gasteiger partial charge in [0.05, 0.1) is 21.6 Å². The van der Waals surface area contributed by atoms with Crippen molar-refractivity contribution in [2.45, 2.75) is 20.3 Å². The Kier molecular flexibility index (Phi) is 5.14. The Bertz CT molecular complexity index is 945. The fraction of sp³-hybridized carbons (Fsp3) is 0.263. The van der Waals surface area contributed by atoms with Crippen molar-refractivity contribution in [2.75, 3.05) is 16.8 Å². The van der Waals surface area contributed by atoms with E-state index >= 15 is 0 Å². The molecule has 2 amide bonds. The molecule has 0 aromatic heterocycles. The van der Waals surface area contributed by atoms with E-state index in [-0.39, 0.29) is 41.2 Å². The summed E-state index contributed by atoms with van der Waals surface area (Å²) < 4.78 is 0. The lowest BCUT2D eigenvalue weighted by Crippen LogP contribution is -2.28. The second kappa shape index (κ2) is 7.36. The van der Waals surface area contributed by atoms with Gasteiger partial charge in [0.2, 0.25) is 11.8 Å². The van der Waals surface area contributed by atoms with Crippen LogP contribution in [0, 0.1) is 29.9 Å². The number of nitrogens with one attached hydrogen (secondary N) is 1. The number of halogens is 1. The van der Waals surface area contributed by atoms with Gasteiger partial charge in [-0.05, 0) is 31.5 Å². The van der Waals surface area contributed by atoms with Crippen molar-refractivity contribution in [3.63, 3.8) is 0 Å². The average molecular weight is 388 g/mol. The molecule has 1 aliphatic heterocycles. The minimum Gasteiger partial charge on any atom is -0.324 e. The standard InChI is InChI=1S/C19H18ClN3O4/c1-11-3-6-17(12(2)7-11)22-10-13(8-18(22)24)19(25)21-16-5-4-14(23(26)27)9-15(16)20/h3-7,9,13H,8,10H2,1-2H3,(H,21,25). The molecule has 27 heavy (non-hydrogen) atoms. The van der Waals surface area contributed by atoms with Crippen molar-refractivity contribution in [2.24, 2.45) is 5.92 Å². The molecule has 2 aromatic carbocycles. The summed E-state index contributed by atoms with van der Waals surface area (Å²) in [6.07, 6.45) is 0.101. The van der Waals surface area contributed by atoms with Crippen LogP contribution < -0.4 is 10.2 Å². The van der Waals surface area contributed by atoms with Crippen LogP contribution in [0.15, 0.2) is 36.4 Å². The number of nitro groups is 1. The molecule has 140 valence electrons. The van der Waals surface area contributed by atoms with Gasteiger partial charge in [0.25, 0.3) is 5.69 Å². The summed E-state index contributed by atoms with van der Waals surface area (Å²) in [7, 11) is 0. The number of hydrogen-bond acceptors (Lipinski definition) is 4. The first-order valence-corrected chi connectivity index (χ1v) is 8.76. The molecular formula is C19H18ClN3O4. The number of hydrogen-bond donors (Lipinski definition) is 1. The molecule has 1 N–H and O–H groups in total. The largest absolute Gasteiger partial charge is 0.324 e. The molecule has 0 aliphatic carbocycles. The second-order valence-electron chi connectivity index (χ2n) is 6.61. The summed E-state index contributed by atoms with van der Waals surface area (Å²) in [4.78, 5) is 36.8. The monoisotopic (exact) mass is 387 g/mol. The zero-order valence-electron chi connectivity index (χ0n) is 14.9. The summed E-state index contributed by atoms with van der Waals surface area (Å²) in [6, 6.07) is 9.64. The highest BCUT2D eigenvalue weighted by Gasteiger charge is 2.35. The number of aryl methyl sites for hydroxylation is 2. The minimum atomic E-state index is -0.561. The van der Waals surface area contributed by atoms with Gasteiger partial charge >= 0.3 is 0 Å². The van der Waals surface area contributed by atoms with E-state index in [0.29, 0.717) is 0 Å². The van der Waals surface area contributed by atoms with E-state index < -0.39 is 10.8 Å². The third-order valence-corrected chi connectivity index (χ3v) is 4.87. The van der Waals surface area contributed by atoms with Crippen LogP contribution in [0.3, 0.4) is 0 Å². The number of amides is 2. The third-order valence-electron chi connectivity index (χ3n) is 4.56. The number of anilines is 2. The highest BCUT2D eigenvalue weighted by molar-refractivity contribution is 6.34. The number of non-ortho nitro benzene ring substituents is 1. The van der Waals surface area contributed by atoms with Gasteiger partial charge in [0.15, 0.2) is 0 Å². The normalized spacial score (nSPS) is 16.5. The lowest BCUT2D eigenvalue weighted by atomic mass is 10.1. The number of benzene rings is 2. The van der Waals surface area contributed by atoms with E-state index in [1.165, 1.54) is 18.2 Å². The molecule has 0 radical (unpaired) electrons. The molecule has 0 saturated carbocycles. The van der Waals surface area contributed by atoms with E-state index in [2.05, 4.69) is 5.32 Å². The summed E-state index contributed by atoms with van der Waals surface area (Å²) >= 11 is 6.02. The fourth-order valence-corrected chi connectivity index (χ4v) is 3.40. The molecule has 8 heteroatoms. The van der Waals surface area contributed by atoms with Gasteiger partial charge in [0.1, 0.15) is 0 Å². The number of carbonyl (C=O) groups is 2. The molecule has 1 saturated heterocycles. The zero-order valence-corrected chi connectivity index (χ0v) is 15.6. The van der Waals surface area contributed by atoms with Crippen LogP contribution in [0.5, 0.6) is 0 Å². The predicted octanol–water partition coefficient (Wildman–Crippen LogP) is 3.86. The molecule has 2 aromatic rings. The maximum Gasteiger partial charge on any atom is 0.271 e. The first-order chi connectivity index (χ1) is 12.8. The van der Waals surface area contributed by atoms with Gasteiger partial charge in [-0.1, -0.05) is 29.3 Å². The predicted molar refractivity (Wildman–Crippen MR) is 103 cm³/mol. The molecule has 1 atom stereocenters. The first kappa shape index (κ1) is 18.8. The SMILES string of the molecule is Cc1ccc(N2CC(C(=O)Nc3ccc([N+](=O)[O-])cc3Cl)CC2=O)c(C)c1. The Hall–Kier alpha value is -2.93. The molecular weight excluding hydrogens is 370 g/mol. The van der Waals surface area contributed by atoms with Crippen molar-refractivity contribution in [1.82, 2.24) is 0 Å². The van der Waals surface area contributed by atoms with Gasteiger partial charge in [-0.25, -0.2) is 0 Å². The molecule has 1 aliphatic rings. The van der Waals surface area contributed by atoms with E-state index in [1.807, 2.05) is 32.0 Å². The Morgan fingerprint density at radius 3 is 2.63 bits per heavy atom. The first-order valence-electron chi connectivity index (χ1n) is 8.38. The quantitative estimate of drug-likeness (QED) is 0.636. The lowest BCUT2D eigenvalue weighted by Gasteiger charge is -2.19. The van der Waals surface area contributed by atoms with Gasteiger partial charge in [-0.15, -0.1) is 0 Å². The topological polar surface area (TPSA) is 92.6 Å². The Labute approximate surface area is 161 Å². The number of carbonyl (C=O) groups excluding carboxylic acids is 2. The second-order valence-corrected chi connectivity index (χ2v) is 7.01. The molecule has 0 spiro atoms. The van der Waals surface area contributed by atoms with Crippen LogP contribution in [0.2, 0.25) is 5.02 Å². The molecule has 1 fully saturated rings. The van der Waals surface area contributed by atoms with Crippen LogP contribution in [0.1, 0.15) is 17.5 Å². The van der Waals surface area contributed by atoms with E-state index in [1.54, 1.807) is 4.90 Å². The van der Waals surface area contributed by atoms with Crippen molar-refractivity contribution < 1.29 is 14.5 Å². The summed E-state index contributed by atoms with van der Waals surface area (Å²) in [5, 5.41) is 13.5. The van der Waals surface area contributed by atoms with E-state index in [9.17, 15) is 19.7 Å². The van der Waals surface area contributed by atoms with Crippen LogP contribution in [-0.2, 0) is 9.59 Å². The maximum atomic E-state index is 12.6. The number of nitrogens with zero attached hydrogens (tertiary/aromatic N) is 2. The van der Waals surface area contributed by atoms with Crippen LogP contribution in [-0.4, -0.2) is 23.3 Å². The summed E-state index contributed by atoms with van der Waals surface area (Å²) in [5.41, 5.74) is 3.00. The molecule has 3 rings (SSSR count). The maximum absolute atomic E-state index is 12.6. The van der Waals surface area contributed by atoms with Crippen molar-refractivity contribution in [3.05, 3.63) is 62.7 Å². The lowest BCUT2D eigenvalue weighted by molar-refractivity contribution is -0.384. The molecule has 7 nitrogen and oxygen atoms in total. The van der Waals surface area contributed by atoms with E-state index in [0.717, 1.165) is 16.8 Å². The Morgan fingerprint density at radius 1 is 1.26 bits per heavy atom. The van der Waals surface area contributed by atoms with Crippen LogP contribution in [0.25, 0.3) is 0 Å². The number of rotatable bonds is 4. The van der Waals surface area contributed by atoms with Crippen molar-refractivity contribution >= 4 is 40.5 Å². The van der Waals surface area contributed by atoms with Gasteiger partial charge in [0, 0.05) is 30.8 Å². The van der Waals surface area contributed by atoms with E-state index in [4.69, 9.17) is 11.6 Å². The van der Waals surface area contributed by atoms with Crippen molar-refractivity contribution in [1.29, 1.82) is 0 Å².